The quantitative estimate of drug-likeness (QED) is 0.776. The van der Waals surface area contributed by atoms with Gasteiger partial charge in [0.1, 0.15) is 6.10 Å². The molecule has 1 aliphatic carbocycles. The number of nitrogens with one attached hydrogen (secondary N) is 1. The summed E-state index contributed by atoms with van der Waals surface area (Å²) in [5.41, 5.74) is 4.59. The lowest BCUT2D eigenvalue weighted by atomic mass is 9.91. The Hall–Kier alpha value is -2.44. The van der Waals surface area contributed by atoms with E-state index >= 15 is 0 Å². The standard InChI is InChI=1S/C25H31N3O3/c29-25(21-6-7-24(26-16-21)31-23-10-13-30-17-23)27-15-18-4-5-19-8-11-28(22-2-1-3-22)12-9-20(19)14-18/h4-7,14,16,22-23H,1-3,8-13,15,17H2,(H,27,29)/t23-/m1/s1. The fraction of sp³-hybridized carbons (Fsp3) is 0.520. The lowest BCUT2D eigenvalue weighted by molar-refractivity contribution is 0.0950. The highest BCUT2D eigenvalue weighted by atomic mass is 16.5. The van der Waals surface area contributed by atoms with E-state index in [1.165, 1.54) is 36.9 Å². The number of hydrogen-bond donors (Lipinski definition) is 1. The van der Waals surface area contributed by atoms with Crippen LogP contribution in [0.2, 0.25) is 0 Å². The number of pyridine rings is 1. The van der Waals surface area contributed by atoms with Gasteiger partial charge in [0.25, 0.3) is 5.91 Å². The minimum absolute atomic E-state index is 0.0567. The molecule has 6 heteroatoms. The first-order valence-electron chi connectivity index (χ1n) is 11.6. The Morgan fingerprint density at radius 3 is 2.71 bits per heavy atom. The number of fused-ring (bicyclic) bond motifs is 1. The molecule has 1 aromatic carbocycles. The van der Waals surface area contributed by atoms with Crippen molar-refractivity contribution in [1.29, 1.82) is 0 Å². The number of ether oxygens (including phenoxy) is 2. The van der Waals surface area contributed by atoms with Gasteiger partial charge in [0.2, 0.25) is 5.88 Å². The number of nitrogens with zero attached hydrogens (tertiary/aromatic N) is 2. The van der Waals surface area contributed by atoms with Crippen LogP contribution in [0, 0.1) is 0 Å². The molecule has 2 aliphatic heterocycles. The van der Waals surface area contributed by atoms with Crippen LogP contribution in [-0.4, -0.2) is 54.2 Å². The molecule has 3 aliphatic rings. The zero-order chi connectivity index (χ0) is 21.0. The Balaban J connectivity index is 1.15. The number of aromatic nitrogens is 1. The first kappa shape index (κ1) is 20.5. The molecule has 31 heavy (non-hydrogen) atoms. The molecule has 1 saturated carbocycles. The molecule has 1 N–H and O–H groups in total. The lowest BCUT2D eigenvalue weighted by Crippen LogP contribution is -2.41. The van der Waals surface area contributed by atoms with Crippen molar-refractivity contribution in [3.8, 4) is 5.88 Å². The molecule has 6 nitrogen and oxygen atoms in total. The van der Waals surface area contributed by atoms with Gasteiger partial charge in [-0.15, -0.1) is 0 Å². The molecular formula is C25H31N3O3. The average Bonchev–Trinajstić information content (AvgIpc) is 3.18. The number of carbonyl (C=O) groups excluding carboxylic acids is 1. The second-order valence-electron chi connectivity index (χ2n) is 8.89. The summed E-state index contributed by atoms with van der Waals surface area (Å²) >= 11 is 0. The Labute approximate surface area is 183 Å². The van der Waals surface area contributed by atoms with E-state index in [0.717, 1.165) is 44.0 Å². The van der Waals surface area contributed by atoms with Crippen LogP contribution >= 0.6 is 0 Å². The van der Waals surface area contributed by atoms with Crippen LogP contribution in [0.15, 0.2) is 36.5 Å². The average molecular weight is 422 g/mol. The smallest absolute Gasteiger partial charge is 0.253 e. The Kier molecular flexibility index (Phi) is 6.18. The van der Waals surface area contributed by atoms with Crippen LogP contribution < -0.4 is 10.1 Å². The molecule has 0 unspecified atom stereocenters. The third-order valence-electron chi connectivity index (χ3n) is 6.83. The van der Waals surface area contributed by atoms with E-state index in [1.807, 2.05) is 0 Å². The first-order chi connectivity index (χ1) is 15.2. The van der Waals surface area contributed by atoms with Gasteiger partial charge < -0.3 is 14.8 Å². The summed E-state index contributed by atoms with van der Waals surface area (Å²) < 4.78 is 11.1. The van der Waals surface area contributed by atoms with Crippen LogP contribution in [0.3, 0.4) is 0 Å². The van der Waals surface area contributed by atoms with Crippen LogP contribution in [-0.2, 0) is 24.1 Å². The second-order valence-corrected chi connectivity index (χ2v) is 8.89. The molecular weight excluding hydrogens is 390 g/mol. The van der Waals surface area contributed by atoms with Gasteiger partial charge >= 0.3 is 0 Å². The molecule has 5 rings (SSSR count). The van der Waals surface area contributed by atoms with Gasteiger partial charge in [0.15, 0.2) is 0 Å². The summed E-state index contributed by atoms with van der Waals surface area (Å²) in [6.07, 6.45) is 8.86. The molecule has 2 fully saturated rings. The van der Waals surface area contributed by atoms with Gasteiger partial charge in [-0.3, -0.25) is 9.69 Å². The van der Waals surface area contributed by atoms with Crippen molar-refractivity contribution in [3.05, 3.63) is 58.8 Å². The third kappa shape index (κ3) is 4.91. The van der Waals surface area contributed by atoms with E-state index in [9.17, 15) is 4.79 Å². The molecule has 0 spiro atoms. The van der Waals surface area contributed by atoms with Crippen molar-refractivity contribution in [2.45, 2.75) is 57.2 Å². The normalized spacial score (nSPS) is 21.7. The van der Waals surface area contributed by atoms with Crippen molar-refractivity contribution in [1.82, 2.24) is 15.2 Å². The minimum atomic E-state index is -0.116. The van der Waals surface area contributed by atoms with Crippen molar-refractivity contribution in [2.24, 2.45) is 0 Å². The van der Waals surface area contributed by atoms with Gasteiger partial charge in [-0.25, -0.2) is 4.98 Å². The fourth-order valence-corrected chi connectivity index (χ4v) is 4.67. The van der Waals surface area contributed by atoms with Crippen molar-refractivity contribution in [3.63, 3.8) is 0 Å². The highest BCUT2D eigenvalue weighted by Gasteiger charge is 2.26. The van der Waals surface area contributed by atoms with Crippen molar-refractivity contribution >= 4 is 5.91 Å². The van der Waals surface area contributed by atoms with E-state index in [-0.39, 0.29) is 12.0 Å². The highest BCUT2D eigenvalue weighted by molar-refractivity contribution is 5.93. The van der Waals surface area contributed by atoms with E-state index in [2.05, 4.69) is 33.4 Å². The SMILES string of the molecule is O=C(NCc1ccc2c(c1)CCN(C1CCC1)CC2)c1ccc(O[C@@H]2CCOC2)nc1. The molecule has 1 aromatic heterocycles. The maximum atomic E-state index is 12.6. The van der Waals surface area contributed by atoms with Gasteiger partial charge in [-0.05, 0) is 48.4 Å². The Bertz CT molecular complexity index is 905. The molecule has 1 amide bonds. The zero-order valence-electron chi connectivity index (χ0n) is 18.0. The van der Waals surface area contributed by atoms with Crippen LogP contribution in [0.1, 0.15) is 52.7 Å². The molecule has 1 atom stereocenters. The van der Waals surface area contributed by atoms with Gasteiger partial charge in [-0.2, -0.15) is 0 Å². The summed E-state index contributed by atoms with van der Waals surface area (Å²) in [6.45, 7) is 4.18. The fourth-order valence-electron chi connectivity index (χ4n) is 4.67. The van der Waals surface area contributed by atoms with E-state index in [1.54, 1.807) is 18.3 Å². The number of rotatable bonds is 6. The molecule has 0 radical (unpaired) electrons. The molecule has 1 saturated heterocycles. The van der Waals surface area contributed by atoms with Crippen LogP contribution in [0.5, 0.6) is 5.88 Å². The van der Waals surface area contributed by atoms with E-state index in [0.29, 0.717) is 24.6 Å². The maximum absolute atomic E-state index is 12.6. The summed E-state index contributed by atoms with van der Waals surface area (Å²) in [5.74, 6) is 0.420. The predicted octanol–water partition coefficient (Wildman–Crippen LogP) is 3.13. The summed E-state index contributed by atoms with van der Waals surface area (Å²) in [5, 5.41) is 3.03. The number of benzene rings is 1. The summed E-state index contributed by atoms with van der Waals surface area (Å²) in [7, 11) is 0. The van der Waals surface area contributed by atoms with Gasteiger partial charge in [-0.1, -0.05) is 24.6 Å². The zero-order valence-corrected chi connectivity index (χ0v) is 18.0. The number of amides is 1. The summed E-state index contributed by atoms with van der Waals surface area (Å²) in [4.78, 5) is 19.5. The molecule has 164 valence electrons. The number of carbonyl (C=O) groups is 1. The van der Waals surface area contributed by atoms with Crippen molar-refractivity contribution < 1.29 is 14.3 Å². The van der Waals surface area contributed by atoms with E-state index < -0.39 is 0 Å². The highest BCUT2D eigenvalue weighted by Crippen LogP contribution is 2.27. The molecule has 3 heterocycles. The second kappa shape index (κ2) is 9.37. The minimum Gasteiger partial charge on any atom is -0.472 e. The topological polar surface area (TPSA) is 63.7 Å². The van der Waals surface area contributed by atoms with Crippen molar-refractivity contribution in [2.75, 3.05) is 26.3 Å². The van der Waals surface area contributed by atoms with Gasteiger partial charge in [0, 0.05) is 44.4 Å². The van der Waals surface area contributed by atoms with Crippen LogP contribution in [0.25, 0.3) is 0 Å². The molecule has 2 aromatic rings. The van der Waals surface area contributed by atoms with E-state index in [4.69, 9.17) is 9.47 Å². The largest absolute Gasteiger partial charge is 0.472 e. The monoisotopic (exact) mass is 421 g/mol. The number of hydrogen-bond acceptors (Lipinski definition) is 5. The third-order valence-corrected chi connectivity index (χ3v) is 6.83. The Morgan fingerprint density at radius 2 is 2.00 bits per heavy atom. The molecule has 0 bridgehead atoms. The Morgan fingerprint density at radius 1 is 1.13 bits per heavy atom. The lowest BCUT2D eigenvalue weighted by Gasteiger charge is -2.36. The van der Waals surface area contributed by atoms with Gasteiger partial charge in [0.05, 0.1) is 18.8 Å². The van der Waals surface area contributed by atoms with Crippen LogP contribution in [0.4, 0.5) is 0 Å². The first-order valence-corrected chi connectivity index (χ1v) is 11.6. The predicted molar refractivity (Wildman–Crippen MR) is 118 cm³/mol. The summed E-state index contributed by atoms with van der Waals surface area (Å²) in [6, 6.07) is 11.0. The maximum Gasteiger partial charge on any atom is 0.253 e.